The molecule has 41 heavy (non-hydrogen) atoms. The predicted molar refractivity (Wildman–Crippen MR) is 158 cm³/mol. The minimum absolute atomic E-state index is 0.297. The molecule has 5 heterocycles. The topological polar surface area (TPSA) is 90.8 Å². The van der Waals surface area contributed by atoms with Gasteiger partial charge in [0.1, 0.15) is 5.69 Å². The van der Waals surface area contributed by atoms with Crippen LogP contribution in [0.2, 0.25) is 0 Å². The number of aryl methyl sites for hydroxylation is 3. The molecule has 0 N–H and O–H groups in total. The van der Waals surface area contributed by atoms with Crippen molar-refractivity contribution in [3.8, 4) is 0 Å². The maximum atomic E-state index is 14.3. The van der Waals surface area contributed by atoms with Crippen LogP contribution in [0.4, 0.5) is 5.69 Å². The van der Waals surface area contributed by atoms with Crippen LogP contribution in [-0.2, 0) is 29.2 Å². The number of fused-ring (bicyclic) bond motifs is 2. The average Bonchev–Trinajstić information content (AvgIpc) is 3.78. The molecular formula is C32H27N7O2. The van der Waals surface area contributed by atoms with Gasteiger partial charge in [0.15, 0.2) is 5.65 Å². The lowest BCUT2D eigenvalue weighted by atomic mass is 9.98. The van der Waals surface area contributed by atoms with E-state index in [4.69, 9.17) is 5.10 Å². The van der Waals surface area contributed by atoms with Gasteiger partial charge in [-0.25, -0.2) is 19.5 Å². The van der Waals surface area contributed by atoms with Crippen molar-refractivity contribution >= 4 is 50.6 Å². The highest BCUT2D eigenvalue weighted by molar-refractivity contribution is 6.58. The molecule has 6 aromatic rings. The molecule has 0 saturated carbocycles. The number of anilines is 1. The van der Waals surface area contributed by atoms with E-state index in [1.807, 2.05) is 78.7 Å². The van der Waals surface area contributed by atoms with Crippen molar-refractivity contribution in [2.75, 3.05) is 4.90 Å². The fourth-order valence-corrected chi connectivity index (χ4v) is 5.70. The molecule has 9 heteroatoms. The third kappa shape index (κ3) is 4.05. The van der Waals surface area contributed by atoms with E-state index in [1.54, 1.807) is 29.2 Å². The van der Waals surface area contributed by atoms with E-state index in [9.17, 15) is 9.59 Å². The maximum absolute atomic E-state index is 14.3. The number of amides is 2. The van der Waals surface area contributed by atoms with E-state index in [2.05, 4.69) is 20.6 Å². The first-order valence-electron chi connectivity index (χ1n) is 13.7. The third-order valence-electron chi connectivity index (χ3n) is 7.57. The molecular weight excluding hydrogens is 514 g/mol. The number of para-hydroxylation sites is 2. The molecule has 7 rings (SSSR count). The second-order valence-electron chi connectivity index (χ2n) is 9.98. The monoisotopic (exact) mass is 541 g/mol. The second-order valence-corrected chi connectivity index (χ2v) is 9.98. The Hall–Kier alpha value is -5.31. The van der Waals surface area contributed by atoms with Gasteiger partial charge in [0.2, 0.25) is 0 Å². The summed E-state index contributed by atoms with van der Waals surface area (Å²) in [7, 11) is 0. The molecule has 0 radical (unpaired) electrons. The number of carbonyl (C=O) groups is 2. The first-order chi connectivity index (χ1) is 20.2. The summed E-state index contributed by atoms with van der Waals surface area (Å²) in [6.45, 7) is 4.12. The van der Waals surface area contributed by atoms with Gasteiger partial charge >= 0.3 is 0 Å². The van der Waals surface area contributed by atoms with Gasteiger partial charge < -0.3 is 9.13 Å². The number of nitrogens with zero attached hydrogens (tertiary/aromatic N) is 7. The highest BCUT2D eigenvalue weighted by Gasteiger charge is 2.43. The summed E-state index contributed by atoms with van der Waals surface area (Å²) in [5, 5.41) is 6.48. The number of hydrogen-bond donors (Lipinski definition) is 0. The van der Waals surface area contributed by atoms with Crippen molar-refractivity contribution in [3.63, 3.8) is 0 Å². The molecule has 2 aromatic carbocycles. The van der Waals surface area contributed by atoms with Gasteiger partial charge in [-0.05, 0) is 43.7 Å². The van der Waals surface area contributed by atoms with Crippen LogP contribution in [0.1, 0.15) is 24.6 Å². The van der Waals surface area contributed by atoms with Crippen LogP contribution in [-0.4, -0.2) is 40.7 Å². The normalized spacial score (nSPS) is 13.8. The van der Waals surface area contributed by atoms with Crippen molar-refractivity contribution in [2.24, 2.45) is 0 Å². The Morgan fingerprint density at radius 3 is 2.39 bits per heavy atom. The van der Waals surface area contributed by atoms with Gasteiger partial charge in [0.05, 0.1) is 23.2 Å². The van der Waals surface area contributed by atoms with E-state index >= 15 is 0 Å². The number of carbonyl (C=O) groups excluding carboxylic acids is 2. The number of imidazole rings is 1. The molecule has 0 saturated heterocycles. The number of pyridine rings is 1. The Kier molecular flexibility index (Phi) is 6.04. The zero-order valence-corrected chi connectivity index (χ0v) is 22.5. The molecule has 0 bridgehead atoms. The van der Waals surface area contributed by atoms with Gasteiger partial charge in [0.25, 0.3) is 11.8 Å². The lowest BCUT2D eigenvalue weighted by molar-refractivity contribution is -0.119. The zero-order chi connectivity index (χ0) is 27.9. The molecule has 1 aliphatic heterocycles. The fourth-order valence-electron chi connectivity index (χ4n) is 5.70. The van der Waals surface area contributed by atoms with Crippen molar-refractivity contribution in [2.45, 2.75) is 33.0 Å². The Bertz CT molecular complexity index is 1950. The van der Waals surface area contributed by atoms with Gasteiger partial charge in [-0.15, -0.1) is 0 Å². The lowest BCUT2D eigenvalue weighted by Crippen LogP contribution is -2.31. The van der Waals surface area contributed by atoms with Crippen molar-refractivity contribution in [3.05, 3.63) is 109 Å². The molecule has 9 nitrogen and oxygen atoms in total. The minimum Gasteiger partial charge on any atom is -0.347 e. The molecule has 0 spiro atoms. The Morgan fingerprint density at radius 2 is 1.59 bits per heavy atom. The van der Waals surface area contributed by atoms with Gasteiger partial charge in [0, 0.05) is 66.3 Å². The van der Waals surface area contributed by atoms with Gasteiger partial charge in [-0.2, -0.15) is 5.10 Å². The average molecular weight is 542 g/mol. The number of imide groups is 1. The summed E-state index contributed by atoms with van der Waals surface area (Å²) >= 11 is 0. The van der Waals surface area contributed by atoms with Crippen LogP contribution in [0.25, 0.3) is 33.1 Å². The van der Waals surface area contributed by atoms with Crippen LogP contribution >= 0.6 is 0 Å². The standard InChI is InChI=1S/C32H27N7O2/c1-2-38-30-24(13-8-15-34-30)29(35-38)28-27(31(40)39(32(28)41)22-10-4-3-5-11-22)25-20-37(26-14-7-6-12-23(25)26)18-9-17-36-19-16-33-21-36/h3-8,10-16,19-21H,2,9,17-18H2,1H3. The van der Waals surface area contributed by atoms with Crippen LogP contribution in [0, 0.1) is 0 Å². The van der Waals surface area contributed by atoms with Gasteiger partial charge in [-0.1, -0.05) is 36.4 Å². The van der Waals surface area contributed by atoms with Crippen LogP contribution in [0.15, 0.2) is 97.8 Å². The Morgan fingerprint density at radius 1 is 0.805 bits per heavy atom. The number of benzene rings is 2. The van der Waals surface area contributed by atoms with E-state index in [0.29, 0.717) is 34.7 Å². The highest BCUT2D eigenvalue weighted by Crippen LogP contribution is 2.42. The summed E-state index contributed by atoms with van der Waals surface area (Å²) < 4.78 is 5.99. The highest BCUT2D eigenvalue weighted by atomic mass is 16.2. The minimum atomic E-state index is -0.389. The Balaban J connectivity index is 1.43. The number of hydrogen-bond acceptors (Lipinski definition) is 5. The van der Waals surface area contributed by atoms with E-state index in [0.717, 1.165) is 41.4 Å². The molecule has 1 aliphatic rings. The summed E-state index contributed by atoms with van der Waals surface area (Å²) in [5.74, 6) is -0.750. The number of rotatable bonds is 8. The van der Waals surface area contributed by atoms with Crippen LogP contribution in [0.5, 0.6) is 0 Å². The summed E-state index contributed by atoms with van der Waals surface area (Å²) in [4.78, 5) is 38.5. The van der Waals surface area contributed by atoms with Crippen molar-refractivity contribution < 1.29 is 9.59 Å². The smallest absolute Gasteiger partial charge is 0.268 e. The summed E-state index contributed by atoms with van der Waals surface area (Å²) in [6, 6.07) is 20.8. The predicted octanol–water partition coefficient (Wildman–Crippen LogP) is 5.18. The molecule has 4 aromatic heterocycles. The van der Waals surface area contributed by atoms with Crippen molar-refractivity contribution in [1.29, 1.82) is 0 Å². The van der Waals surface area contributed by atoms with E-state index < -0.39 is 0 Å². The van der Waals surface area contributed by atoms with E-state index in [1.165, 1.54) is 4.90 Å². The summed E-state index contributed by atoms with van der Waals surface area (Å²) in [5.41, 5.74) is 4.05. The fraction of sp³-hybridized carbons (Fsp3) is 0.156. The molecule has 0 fully saturated rings. The first-order valence-corrected chi connectivity index (χ1v) is 13.7. The van der Waals surface area contributed by atoms with Crippen molar-refractivity contribution in [1.82, 2.24) is 28.9 Å². The molecule has 2 amide bonds. The number of aromatic nitrogens is 6. The molecule has 202 valence electrons. The van der Waals surface area contributed by atoms with Gasteiger partial charge in [-0.3, -0.25) is 9.59 Å². The molecule has 0 atom stereocenters. The summed E-state index contributed by atoms with van der Waals surface area (Å²) in [6.07, 6.45) is 10.1. The maximum Gasteiger partial charge on any atom is 0.268 e. The first kappa shape index (κ1) is 24.7. The quantitative estimate of drug-likeness (QED) is 0.248. The van der Waals surface area contributed by atoms with Crippen LogP contribution in [0.3, 0.4) is 0 Å². The van der Waals surface area contributed by atoms with E-state index in [-0.39, 0.29) is 11.8 Å². The lowest BCUT2D eigenvalue weighted by Gasteiger charge is -2.14. The Labute approximate surface area is 236 Å². The third-order valence-corrected chi connectivity index (χ3v) is 7.57. The zero-order valence-electron chi connectivity index (χ0n) is 22.5. The molecule has 0 aliphatic carbocycles. The molecule has 0 unspecified atom stereocenters. The van der Waals surface area contributed by atoms with Crippen LogP contribution < -0.4 is 4.90 Å². The second kappa shape index (κ2) is 10.0. The largest absolute Gasteiger partial charge is 0.347 e. The SMILES string of the molecule is CCn1nc(C2=C(c3cn(CCCn4ccnc4)c4ccccc34)C(=O)N(c3ccccc3)C2=O)c2cccnc21.